The Kier molecular flexibility index (Phi) is 12.0. The van der Waals surface area contributed by atoms with Crippen molar-refractivity contribution in [3.8, 4) is 5.75 Å². The second kappa shape index (κ2) is 15.0. The molecular weight excluding hydrogens is 661 g/mol. The molecule has 0 unspecified atom stereocenters. The number of aliphatic hydroxyl groups excluding tert-OH is 2. The summed E-state index contributed by atoms with van der Waals surface area (Å²) in [7, 11) is -4.52. The van der Waals surface area contributed by atoms with Gasteiger partial charge in [0.25, 0.3) is 10.0 Å². The molecule has 4 rings (SSSR count). The van der Waals surface area contributed by atoms with Crippen LogP contribution in [0.1, 0.15) is 91.9 Å². The molecule has 1 amide bonds. The number of halogens is 5. The zero-order valence-electron chi connectivity index (χ0n) is 28.0. The highest BCUT2D eigenvalue weighted by molar-refractivity contribution is 7.90. The fourth-order valence-corrected chi connectivity index (χ4v) is 9.99. The number of carbonyl (C=O) groups excluding carboxylic acids is 1. The van der Waals surface area contributed by atoms with E-state index in [1.54, 1.807) is 4.72 Å². The van der Waals surface area contributed by atoms with E-state index >= 15 is 0 Å². The van der Waals surface area contributed by atoms with Crippen LogP contribution in [0.2, 0.25) is 0 Å². The molecule has 1 aromatic carbocycles. The highest BCUT2D eigenvalue weighted by atomic mass is 32.2. The molecular formula is C34H50F5NO7S. The molecule has 0 bridgehead atoms. The molecule has 0 saturated heterocycles. The first kappa shape index (κ1) is 38.6. The van der Waals surface area contributed by atoms with Crippen LogP contribution in [0, 0.1) is 46.8 Å². The molecule has 0 aliphatic heterocycles. The zero-order chi connectivity index (χ0) is 35.7. The summed E-state index contributed by atoms with van der Waals surface area (Å²) < 4.78 is 99.4. The Morgan fingerprint density at radius 2 is 1.73 bits per heavy atom. The Morgan fingerprint density at radius 3 is 2.33 bits per heavy atom. The van der Waals surface area contributed by atoms with Crippen LogP contribution in [-0.2, 0) is 14.8 Å². The Bertz CT molecular complexity index is 1340. The largest absolute Gasteiger partial charge is 0.499 e. The molecule has 0 heterocycles. The molecule has 0 spiro atoms. The van der Waals surface area contributed by atoms with Crippen LogP contribution in [0.15, 0.2) is 29.2 Å². The standard InChI is InChI=1S/C34H50F5NO7S/c1-5-7-8-27-29(30(42)26(6-2)28-18-23(41)15-16-32(27,28)4)22-10-9-21(17-22)20(3)19-46-31(43)40-48(44,45)25-13-11-24(12-14-25)47-34(38,39)33(35,36)37/h11-14,20-23,26-30,41-42H,5-10,15-19H2,1-4H3,(H,40,43)/t20-,21+,22-,23-,26-,27+,28+,29+,30-,32-/m1/s1. The lowest BCUT2D eigenvalue weighted by Crippen LogP contribution is -2.58. The van der Waals surface area contributed by atoms with Gasteiger partial charge in [-0.3, -0.25) is 0 Å². The maximum absolute atomic E-state index is 13.1. The van der Waals surface area contributed by atoms with E-state index in [9.17, 15) is 45.4 Å². The van der Waals surface area contributed by atoms with Crippen molar-refractivity contribution in [2.24, 2.45) is 46.8 Å². The summed E-state index contributed by atoms with van der Waals surface area (Å²) in [6, 6.07) is 2.70. The number of fused-ring (bicyclic) bond motifs is 1. The number of unbranched alkanes of at least 4 members (excludes halogenated alkanes) is 1. The Balaban J connectivity index is 1.35. The lowest BCUT2D eigenvalue weighted by molar-refractivity contribution is -0.360. The van der Waals surface area contributed by atoms with E-state index in [0.29, 0.717) is 24.0 Å². The van der Waals surface area contributed by atoms with Gasteiger partial charge in [0.2, 0.25) is 0 Å². The van der Waals surface area contributed by atoms with Crippen LogP contribution in [0.3, 0.4) is 0 Å². The second-order valence-corrected chi connectivity index (χ2v) is 16.2. The lowest BCUT2D eigenvalue weighted by atomic mass is 9.45. The van der Waals surface area contributed by atoms with Crippen LogP contribution in [0.25, 0.3) is 0 Å². The van der Waals surface area contributed by atoms with E-state index in [-0.39, 0.29) is 47.7 Å². The normalized spacial score (nSPS) is 33.5. The fourth-order valence-electron chi connectivity index (χ4n) is 9.10. The predicted molar refractivity (Wildman–Crippen MR) is 167 cm³/mol. The zero-order valence-corrected chi connectivity index (χ0v) is 28.8. The predicted octanol–water partition coefficient (Wildman–Crippen LogP) is 7.68. The maximum atomic E-state index is 13.1. The molecule has 1 aromatic rings. The van der Waals surface area contributed by atoms with Gasteiger partial charge < -0.3 is 19.7 Å². The number of aliphatic hydroxyl groups is 2. The van der Waals surface area contributed by atoms with Gasteiger partial charge in [-0.25, -0.2) is 17.9 Å². The highest BCUT2D eigenvalue weighted by Crippen LogP contribution is 2.62. The van der Waals surface area contributed by atoms with Gasteiger partial charge in [0.15, 0.2) is 0 Å². The molecule has 0 aromatic heterocycles. The van der Waals surface area contributed by atoms with Crippen molar-refractivity contribution in [2.45, 2.75) is 121 Å². The molecule has 3 fully saturated rings. The molecule has 3 aliphatic carbocycles. The first-order valence-electron chi connectivity index (χ1n) is 17.1. The maximum Gasteiger partial charge on any atom is 0.499 e. The van der Waals surface area contributed by atoms with E-state index < -0.39 is 45.2 Å². The minimum atomic E-state index is -5.96. The van der Waals surface area contributed by atoms with Gasteiger partial charge >= 0.3 is 18.4 Å². The summed E-state index contributed by atoms with van der Waals surface area (Å²) in [5, 5.41) is 22.5. The van der Waals surface area contributed by atoms with Gasteiger partial charge in [0, 0.05) is 0 Å². The summed E-state index contributed by atoms with van der Waals surface area (Å²) in [5.41, 5.74) is 0.0524. The van der Waals surface area contributed by atoms with Gasteiger partial charge in [-0.2, -0.15) is 22.0 Å². The fraction of sp³-hybridized carbons (Fsp3) is 0.794. The number of amides is 1. The van der Waals surface area contributed by atoms with Gasteiger partial charge in [-0.15, -0.1) is 0 Å². The monoisotopic (exact) mass is 711 g/mol. The van der Waals surface area contributed by atoms with Gasteiger partial charge in [-0.05, 0) is 116 Å². The third kappa shape index (κ3) is 8.22. The third-order valence-electron chi connectivity index (χ3n) is 11.7. The lowest BCUT2D eigenvalue weighted by Gasteiger charge is -2.61. The van der Waals surface area contributed by atoms with E-state index in [1.807, 2.05) is 6.92 Å². The number of alkyl halides is 5. The summed E-state index contributed by atoms with van der Waals surface area (Å²) in [6.45, 7) is 8.57. The van der Waals surface area contributed by atoms with Crippen LogP contribution in [0.5, 0.6) is 5.75 Å². The average Bonchev–Trinajstić information content (AvgIpc) is 3.49. The van der Waals surface area contributed by atoms with Crippen LogP contribution in [0.4, 0.5) is 26.7 Å². The summed E-state index contributed by atoms with van der Waals surface area (Å²) in [6.07, 6.45) is -4.24. The van der Waals surface area contributed by atoms with E-state index in [1.165, 1.54) is 0 Å². The number of rotatable bonds is 12. The highest BCUT2D eigenvalue weighted by Gasteiger charge is 2.61. The number of carbonyl (C=O) groups is 1. The smallest absolute Gasteiger partial charge is 0.449 e. The first-order chi connectivity index (χ1) is 22.3. The minimum Gasteiger partial charge on any atom is -0.449 e. The number of hydrogen-bond donors (Lipinski definition) is 3. The second-order valence-electron chi connectivity index (χ2n) is 14.5. The topological polar surface area (TPSA) is 122 Å². The number of ether oxygens (including phenoxy) is 2. The molecule has 3 aliphatic rings. The first-order valence-corrected chi connectivity index (χ1v) is 18.6. The van der Waals surface area contributed by atoms with E-state index in [0.717, 1.165) is 76.3 Å². The van der Waals surface area contributed by atoms with Crippen molar-refractivity contribution in [2.75, 3.05) is 6.61 Å². The average molecular weight is 712 g/mol. The van der Waals surface area contributed by atoms with Crippen LogP contribution in [-0.4, -0.2) is 55.8 Å². The van der Waals surface area contributed by atoms with Crippen LogP contribution < -0.4 is 9.46 Å². The van der Waals surface area contributed by atoms with Crippen molar-refractivity contribution in [3.63, 3.8) is 0 Å². The number of benzene rings is 1. The number of sulfonamides is 1. The third-order valence-corrected chi connectivity index (χ3v) is 13.0. The Morgan fingerprint density at radius 1 is 1.06 bits per heavy atom. The Hall–Kier alpha value is -2.19. The SMILES string of the molecule is CCCC[C@H]1[C@H]([C@@H]2CC[C@H]([C@H](C)COC(=O)NS(=O)(=O)c3ccc(OC(F)(F)C(F)(F)F)cc3)C2)[C@H](O)[C@H](CC)[C@@H]2C[C@H](O)CC[C@@]21C. The van der Waals surface area contributed by atoms with E-state index in [2.05, 4.69) is 25.5 Å². The number of nitrogens with one attached hydrogen (secondary N) is 1. The van der Waals surface area contributed by atoms with Crippen molar-refractivity contribution >= 4 is 16.1 Å². The molecule has 0 radical (unpaired) electrons. The van der Waals surface area contributed by atoms with Crippen molar-refractivity contribution in [3.05, 3.63) is 24.3 Å². The molecule has 3 saturated carbocycles. The molecule has 10 atom stereocenters. The van der Waals surface area contributed by atoms with Crippen molar-refractivity contribution in [1.82, 2.24) is 4.72 Å². The van der Waals surface area contributed by atoms with Crippen molar-refractivity contribution < 1.29 is 54.9 Å². The summed E-state index contributed by atoms with van der Waals surface area (Å²) >= 11 is 0. The summed E-state index contributed by atoms with van der Waals surface area (Å²) in [4.78, 5) is 11.9. The van der Waals surface area contributed by atoms with Crippen molar-refractivity contribution in [1.29, 1.82) is 0 Å². The molecule has 274 valence electrons. The van der Waals surface area contributed by atoms with Gasteiger partial charge in [-0.1, -0.05) is 47.0 Å². The quantitative estimate of drug-likeness (QED) is 0.190. The minimum absolute atomic E-state index is 0.0524. The Labute approximate surface area is 280 Å². The van der Waals surface area contributed by atoms with E-state index in [4.69, 9.17) is 4.74 Å². The van der Waals surface area contributed by atoms with Gasteiger partial charge in [0.1, 0.15) is 5.75 Å². The summed E-state index contributed by atoms with van der Waals surface area (Å²) in [5.74, 6) is 0.371. The van der Waals surface area contributed by atoms with Crippen LogP contribution >= 0.6 is 0 Å². The number of hydrogen-bond acceptors (Lipinski definition) is 7. The molecule has 3 N–H and O–H groups in total. The molecule has 8 nitrogen and oxygen atoms in total. The molecule has 48 heavy (non-hydrogen) atoms. The molecule has 14 heteroatoms. The van der Waals surface area contributed by atoms with Gasteiger partial charge in [0.05, 0.1) is 23.7 Å².